The molecule has 0 unspecified atom stereocenters. The summed E-state index contributed by atoms with van der Waals surface area (Å²) in [6, 6.07) is 0. The third-order valence-electron chi connectivity index (χ3n) is 0.642. The first-order valence-electron chi connectivity index (χ1n) is 7.16. The summed E-state index contributed by atoms with van der Waals surface area (Å²) in [6.45, 7) is 8.55. The number of aliphatic carboxylic acids is 5. The minimum atomic E-state index is -0.833. The van der Waals surface area contributed by atoms with Crippen LogP contribution in [0.25, 0.3) is 0 Å². The molecule has 0 fully saturated rings. The van der Waals surface area contributed by atoms with Crippen LogP contribution in [-0.4, -0.2) is 141 Å². The molecule has 0 spiro atoms. The number of nitrogens with one attached hydrogen (secondary N) is 1. The monoisotopic (exact) mass is 507 g/mol. The van der Waals surface area contributed by atoms with Crippen LogP contribution in [0.5, 0.6) is 0 Å². The third kappa shape index (κ3) is 1410. The normalized spacial score (nSPS) is 6.37. The van der Waals surface area contributed by atoms with Crippen LogP contribution < -0.4 is 16.8 Å². The zero-order valence-corrected chi connectivity index (χ0v) is 17.7. The fourth-order valence-corrected chi connectivity index (χ4v) is 0.329. The van der Waals surface area contributed by atoms with Gasteiger partial charge in [-0.3, -0.25) is 24.0 Å². The van der Waals surface area contributed by atoms with Crippen LogP contribution in [-0.2, 0) is 41.0 Å². The van der Waals surface area contributed by atoms with Crippen molar-refractivity contribution in [3.63, 3.8) is 0 Å². The summed E-state index contributed by atoms with van der Waals surface area (Å²) in [6.07, 6.45) is 0. The van der Waals surface area contributed by atoms with E-state index in [4.69, 9.17) is 61.0 Å². The summed E-state index contributed by atoms with van der Waals surface area (Å²) in [4.78, 5) is 45.0. The average Bonchev–Trinajstić information content (AvgIpc) is 2.35. The second kappa shape index (κ2) is 56.8. The molecule has 0 rings (SSSR count). The Morgan fingerprint density at radius 1 is 0.567 bits per heavy atom. The van der Waals surface area contributed by atoms with Crippen molar-refractivity contribution in [2.24, 2.45) is 11.5 Å². The zero-order chi connectivity index (χ0) is 23.4. The number of rotatable bonds is 4. The molecule has 0 saturated heterocycles. The molecule has 30 heavy (non-hydrogen) atoms. The van der Waals surface area contributed by atoms with Gasteiger partial charge in [0.15, 0.2) is 0 Å². The van der Waals surface area contributed by atoms with E-state index < -0.39 is 29.8 Å². The van der Waals surface area contributed by atoms with Crippen molar-refractivity contribution in [2.45, 2.75) is 34.6 Å². The average molecular weight is 507 g/mol. The van der Waals surface area contributed by atoms with Crippen LogP contribution >= 0.6 is 0 Å². The number of hydrogen-bond donors (Lipinski definition) is 8. The van der Waals surface area contributed by atoms with Crippen LogP contribution in [0.2, 0.25) is 0 Å². The van der Waals surface area contributed by atoms with Gasteiger partial charge in [0, 0.05) is 77.9 Å². The second-order valence-electron chi connectivity index (χ2n) is 3.92. The Bertz CT molecular complexity index is 299. The Balaban J connectivity index is -0.0000000251. The summed E-state index contributed by atoms with van der Waals surface area (Å²) in [5.74, 6) is -4.17. The molecular weight excluding hydrogens is 472 g/mol. The van der Waals surface area contributed by atoms with Crippen molar-refractivity contribution in [3.05, 3.63) is 0 Å². The second-order valence-corrected chi connectivity index (χ2v) is 3.92. The molecule has 0 aromatic heterocycles. The van der Waals surface area contributed by atoms with Gasteiger partial charge in [-0.2, -0.15) is 0 Å². The minimum absolute atomic E-state index is 0. The van der Waals surface area contributed by atoms with Gasteiger partial charge < -0.3 is 42.3 Å². The molecule has 0 atom stereocenters. The van der Waals surface area contributed by atoms with Gasteiger partial charge in [-0.15, -0.1) is 0 Å². The van der Waals surface area contributed by atoms with Gasteiger partial charge in [0.1, 0.15) is 0 Å². The molecule has 0 aromatic carbocycles. The number of carbonyl (C=O) groups is 5. The molecule has 176 valence electrons. The summed E-state index contributed by atoms with van der Waals surface area (Å²) in [5, 5.41) is 40.1. The van der Waals surface area contributed by atoms with Crippen molar-refractivity contribution in [2.75, 3.05) is 26.2 Å². The number of carboxylic acid groups (broad SMARTS) is 5. The molecule has 10 N–H and O–H groups in total. The number of carboxylic acids is 5. The van der Waals surface area contributed by atoms with Crippen molar-refractivity contribution in [3.8, 4) is 0 Å². The third-order valence-corrected chi connectivity index (χ3v) is 0.642. The fraction of sp³-hybridized carbons (Fsp3) is 0.643. The molecule has 16 heteroatoms. The van der Waals surface area contributed by atoms with Crippen molar-refractivity contribution in [1.82, 2.24) is 5.32 Å². The predicted molar refractivity (Wildman–Crippen MR) is 112 cm³/mol. The molecule has 0 radical (unpaired) electrons. The number of hydrogen-bond acceptors (Lipinski definition) is 8. The van der Waals surface area contributed by atoms with E-state index in [9.17, 15) is 0 Å². The van der Waals surface area contributed by atoms with E-state index >= 15 is 0 Å². The number of nitrogens with two attached hydrogens (primary N) is 2. The first kappa shape index (κ1) is 57.1. The molecule has 0 aliphatic heterocycles. The quantitative estimate of drug-likeness (QED) is 0.147. The topological polar surface area (TPSA) is 251 Å². The molecule has 0 aromatic rings. The zero-order valence-electron chi connectivity index (χ0n) is 16.6. The van der Waals surface area contributed by atoms with Crippen molar-refractivity contribution >= 4 is 89.0 Å². The van der Waals surface area contributed by atoms with Gasteiger partial charge in [-0.25, -0.2) is 0 Å². The van der Waals surface area contributed by atoms with E-state index in [1.54, 1.807) is 0 Å². The predicted octanol–water partition coefficient (Wildman–Crippen LogP) is -2.35. The Labute approximate surface area is 231 Å². The summed E-state index contributed by atoms with van der Waals surface area (Å²) >= 11 is 0. The fourth-order valence-electron chi connectivity index (χ4n) is 0.329. The Hall–Kier alpha value is -0.251. The Morgan fingerprint density at radius 2 is 0.667 bits per heavy atom. The van der Waals surface area contributed by atoms with E-state index in [1.807, 2.05) is 0 Å². The van der Waals surface area contributed by atoms with Crippen LogP contribution in [0.4, 0.5) is 0 Å². The summed E-state index contributed by atoms with van der Waals surface area (Å²) in [7, 11) is 0. The van der Waals surface area contributed by atoms with Crippen LogP contribution in [0.15, 0.2) is 0 Å². The van der Waals surface area contributed by atoms with E-state index in [1.165, 1.54) is 0 Å². The Kier molecular flexibility index (Phi) is 108. The summed E-state index contributed by atoms with van der Waals surface area (Å²) in [5.41, 5.74) is 10.3. The molecular formula is C14H35FeN3Na2O10. The molecule has 0 saturated carbocycles. The molecule has 0 aliphatic rings. The van der Waals surface area contributed by atoms with E-state index in [-0.39, 0.29) is 76.2 Å². The molecule has 0 bridgehead atoms. The first-order valence-corrected chi connectivity index (χ1v) is 7.16. The van der Waals surface area contributed by atoms with Gasteiger partial charge >= 0.3 is 59.1 Å². The maximum atomic E-state index is 9.00. The Morgan fingerprint density at radius 3 is 0.733 bits per heavy atom. The van der Waals surface area contributed by atoms with Gasteiger partial charge in [0.05, 0.1) is 0 Å². The SMILES string of the molecule is CC(=O)O.CC(=O)O.CC(=O)O.CC(=O)O.CC(=O)O.NCCNCCN.[Fe].[NaH].[NaH]. The van der Waals surface area contributed by atoms with Gasteiger partial charge in [0.2, 0.25) is 0 Å². The van der Waals surface area contributed by atoms with Gasteiger partial charge in [-0.1, -0.05) is 0 Å². The first-order chi connectivity index (χ1) is 12.1. The van der Waals surface area contributed by atoms with E-state index in [0.717, 1.165) is 47.7 Å². The van der Waals surface area contributed by atoms with Crippen LogP contribution in [0, 0.1) is 0 Å². The molecule has 0 heterocycles. The van der Waals surface area contributed by atoms with E-state index in [2.05, 4.69) is 5.32 Å². The van der Waals surface area contributed by atoms with Crippen LogP contribution in [0.3, 0.4) is 0 Å². The standard InChI is InChI=1S/C4H13N3.5C2H4O2.Fe.2Na.2H/c5-1-3-7-4-2-6;5*1-2(3)4;;;;;/h7H,1-6H2;5*1H3,(H,3,4);;;;;. The maximum absolute atomic E-state index is 9.00. The molecule has 0 aliphatic carbocycles. The van der Waals surface area contributed by atoms with Crippen molar-refractivity contribution < 1.29 is 66.6 Å². The van der Waals surface area contributed by atoms with E-state index in [0.29, 0.717) is 13.1 Å². The molecule has 0 amide bonds. The summed E-state index contributed by atoms with van der Waals surface area (Å²) < 4.78 is 0. The van der Waals surface area contributed by atoms with Gasteiger partial charge in [-0.05, 0) is 0 Å². The van der Waals surface area contributed by atoms with Gasteiger partial charge in [0.25, 0.3) is 29.8 Å². The van der Waals surface area contributed by atoms with Crippen molar-refractivity contribution in [1.29, 1.82) is 0 Å². The molecule has 13 nitrogen and oxygen atoms in total. The van der Waals surface area contributed by atoms with Crippen LogP contribution in [0.1, 0.15) is 34.6 Å².